The van der Waals surface area contributed by atoms with Gasteiger partial charge in [0.25, 0.3) is 5.91 Å². The molecule has 1 atom stereocenters. The molecular weight excluding hydrogens is 294 g/mol. The van der Waals surface area contributed by atoms with Crippen LogP contribution >= 0.6 is 0 Å². The summed E-state index contributed by atoms with van der Waals surface area (Å²) in [5.74, 6) is -1.06. The molecule has 0 aliphatic rings. The van der Waals surface area contributed by atoms with Gasteiger partial charge in [0.15, 0.2) is 0 Å². The van der Waals surface area contributed by atoms with Gasteiger partial charge in [-0.05, 0) is 18.6 Å². The molecule has 0 spiro atoms. The van der Waals surface area contributed by atoms with Crippen molar-refractivity contribution in [1.29, 1.82) is 0 Å². The average molecular weight is 313 g/mol. The number of nitrogens with one attached hydrogen (secondary N) is 1. The number of nitrogens with two attached hydrogens (primary N) is 1. The Morgan fingerprint density at radius 3 is 2.65 bits per heavy atom. The molecule has 6 heteroatoms. The van der Waals surface area contributed by atoms with Crippen molar-refractivity contribution in [3.05, 3.63) is 42.1 Å². The molecule has 6 nitrogen and oxygen atoms in total. The number of para-hydroxylation sites is 1. The Hall–Kier alpha value is -2.76. The Labute approximate surface area is 134 Å². The van der Waals surface area contributed by atoms with E-state index in [2.05, 4.69) is 10.3 Å². The fourth-order valence-electron chi connectivity index (χ4n) is 2.29. The number of aromatic nitrogens is 1. The number of ketones is 1. The minimum absolute atomic E-state index is 0.0253. The average Bonchev–Trinajstić information content (AvgIpc) is 2.57. The molecule has 0 fully saturated rings. The van der Waals surface area contributed by atoms with E-state index in [4.69, 9.17) is 5.73 Å². The Balaban J connectivity index is 2.17. The third-order valence-electron chi connectivity index (χ3n) is 3.63. The van der Waals surface area contributed by atoms with Crippen molar-refractivity contribution in [3.8, 4) is 0 Å². The maximum atomic E-state index is 12.4. The van der Waals surface area contributed by atoms with Gasteiger partial charge in [-0.2, -0.15) is 0 Å². The zero-order valence-corrected chi connectivity index (χ0v) is 12.9. The molecule has 2 amide bonds. The normalized spacial score (nSPS) is 11.9. The van der Waals surface area contributed by atoms with E-state index >= 15 is 0 Å². The van der Waals surface area contributed by atoms with Gasteiger partial charge in [-0.1, -0.05) is 25.1 Å². The van der Waals surface area contributed by atoms with Gasteiger partial charge in [-0.15, -0.1) is 0 Å². The number of pyridine rings is 1. The molecular formula is C17H19N3O3. The van der Waals surface area contributed by atoms with E-state index in [1.165, 1.54) is 0 Å². The second-order valence-corrected chi connectivity index (χ2v) is 5.24. The molecule has 120 valence electrons. The molecule has 0 bridgehead atoms. The van der Waals surface area contributed by atoms with Crippen LogP contribution in [0, 0.1) is 0 Å². The van der Waals surface area contributed by atoms with Crippen molar-refractivity contribution >= 4 is 28.5 Å². The van der Waals surface area contributed by atoms with Gasteiger partial charge in [-0.25, -0.2) is 0 Å². The highest BCUT2D eigenvalue weighted by Gasteiger charge is 2.21. The molecule has 2 aromatic rings. The van der Waals surface area contributed by atoms with Crippen LogP contribution in [0.25, 0.3) is 10.9 Å². The number of rotatable bonds is 7. The lowest BCUT2D eigenvalue weighted by atomic mass is 10.1. The van der Waals surface area contributed by atoms with E-state index in [1.54, 1.807) is 31.3 Å². The second kappa shape index (κ2) is 7.49. The van der Waals surface area contributed by atoms with Crippen molar-refractivity contribution in [2.45, 2.75) is 32.2 Å². The molecule has 0 aliphatic heterocycles. The molecule has 1 aromatic heterocycles. The Morgan fingerprint density at radius 1 is 1.22 bits per heavy atom. The molecule has 2 rings (SSSR count). The summed E-state index contributed by atoms with van der Waals surface area (Å²) in [7, 11) is 0. The Morgan fingerprint density at radius 2 is 1.96 bits per heavy atom. The number of fused-ring (bicyclic) bond motifs is 1. The lowest BCUT2D eigenvalue weighted by molar-refractivity contribution is -0.121. The molecule has 0 saturated carbocycles. The summed E-state index contributed by atoms with van der Waals surface area (Å²) in [5, 5.41) is 3.43. The first-order valence-electron chi connectivity index (χ1n) is 7.48. The van der Waals surface area contributed by atoms with Crippen molar-refractivity contribution in [2.24, 2.45) is 5.73 Å². The summed E-state index contributed by atoms with van der Waals surface area (Å²) in [6, 6.07) is 8.00. The first-order chi connectivity index (χ1) is 11.0. The summed E-state index contributed by atoms with van der Waals surface area (Å²) in [4.78, 5) is 39.6. The smallest absolute Gasteiger partial charge is 0.254 e. The zero-order valence-electron chi connectivity index (χ0n) is 12.9. The van der Waals surface area contributed by atoms with Crippen LogP contribution in [0.1, 0.15) is 36.5 Å². The molecule has 0 saturated heterocycles. The number of hydrogen-bond acceptors (Lipinski definition) is 4. The Bertz CT molecular complexity index is 737. The highest BCUT2D eigenvalue weighted by Crippen LogP contribution is 2.16. The molecule has 3 N–H and O–H groups in total. The number of amides is 2. The predicted molar refractivity (Wildman–Crippen MR) is 86.7 cm³/mol. The lowest BCUT2D eigenvalue weighted by Gasteiger charge is -2.15. The van der Waals surface area contributed by atoms with Gasteiger partial charge in [0.1, 0.15) is 11.8 Å². The minimum Gasteiger partial charge on any atom is -0.368 e. The third-order valence-corrected chi connectivity index (χ3v) is 3.63. The highest BCUT2D eigenvalue weighted by atomic mass is 16.2. The summed E-state index contributed by atoms with van der Waals surface area (Å²) in [5.41, 5.74) is 6.25. The largest absolute Gasteiger partial charge is 0.368 e. The monoisotopic (exact) mass is 313 g/mol. The van der Waals surface area contributed by atoms with Crippen molar-refractivity contribution in [2.75, 3.05) is 0 Å². The number of Topliss-reactive ketones (excluding diaryl/α,β-unsaturated/α-hetero) is 1. The van der Waals surface area contributed by atoms with Gasteiger partial charge < -0.3 is 11.1 Å². The number of primary amides is 1. The topological polar surface area (TPSA) is 102 Å². The van der Waals surface area contributed by atoms with Crippen LogP contribution in [0.15, 0.2) is 36.5 Å². The summed E-state index contributed by atoms with van der Waals surface area (Å²) >= 11 is 0. The van der Waals surface area contributed by atoms with Crippen LogP contribution in [0.4, 0.5) is 0 Å². The Kier molecular flexibility index (Phi) is 5.41. The van der Waals surface area contributed by atoms with Crippen LogP contribution in [-0.4, -0.2) is 28.6 Å². The minimum atomic E-state index is -0.878. The van der Waals surface area contributed by atoms with Gasteiger partial charge in [0.05, 0.1) is 11.1 Å². The third kappa shape index (κ3) is 4.12. The predicted octanol–water partition coefficient (Wildman–Crippen LogP) is 1.58. The number of carbonyl (C=O) groups is 3. The van der Waals surface area contributed by atoms with Gasteiger partial charge in [0.2, 0.25) is 5.91 Å². The fourth-order valence-corrected chi connectivity index (χ4v) is 2.29. The molecule has 0 unspecified atom stereocenters. The maximum Gasteiger partial charge on any atom is 0.254 e. The van der Waals surface area contributed by atoms with Gasteiger partial charge in [0, 0.05) is 24.4 Å². The standard InChI is InChI=1S/C17H19N3O3/c1-2-12(21)8-9-14(16(18)22)20-17(23)13-7-3-5-11-6-4-10-19-15(11)13/h3-7,10,14H,2,8-9H2,1H3,(H2,18,22)(H,20,23)/t14-/m0/s1. The molecule has 23 heavy (non-hydrogen) atoms. The van der Waals surface area contributed by atoms with E-state index in [9.17, 15) is 14.4 Å². The molecule has 1 heterocycles. The maximum absolute atomic E-state index is 12.4. The van der Waals surface area contributed by atoms with E-state index in [-0.39, 0.29) is 18.6 Å². The SMILES string of the molecule is CCC(=O)CC[C@H](NC(=O)c1cccc2cccnc12)C(N)=O. The van der Waals surface area contributed by atoms with Crippen LogP contribution in [-0.2, 0) is 9.59 Å². The first-order valence-corrected chi connectivity index (χ1v) is 7.48. The van der Waals surface area contributed by atoms with Crippen LogP contribution in [0.5, 0.6) is 0 Å². The van der Waals surface area contributed by atoms with E-state index in [1.807, 2.05) is 12.1 Å². The number of benzene rings is 1. The molecule has 0 aliphatic carbocycles. The lowest BCUT2D eigenvalue weighted by Crippen LogP contribution is -2.44. The van der Waals surface area contributed by atoms with E-state index in [0.717, 1.165) is 5.39 Å². The second-order valence-electron chi connectivity index (χ2n) is 5.24. The number of carbonyl (C=O) groups excluding carboxylic acids is 3. The van der Waals surface area contributed by atoms with Gasteiger partial charge in [-0.3, -0.25) is 19.4 Å². The summed E-state index contributed by atoms with van der Waals surface area (Å²) in [6.45, 7) is 1.75. The molecule has 0 radical (unpaired) electrons. The number of nitrogens with zero attached hydrogens (tertiary/aromatic N) is 1. The fraction of sp³-hybridized carbons (Fsp3) is 0.294. The first kappa shape index (κ1) is 16.6. The number of hydrogen-bond donors (Lipinski definition) is 2. The quantitative estimate of drug-likeness (QED) is 0.810. The summed E-state index contributed by atoms with van der Waals surface area (Å²) < 4.78 is 0. The summed E-state index contributed by atoms with van der Waals surface area (Å²) in [6.07, 6.45) is 2.40. The van der Waals surface area contributed by atoms with Crippen molar-refractivity contribution in [3.63, 3.8) is 0 Å². The van der Waals surface area contributed by atoms with E-state index in [0.29, 0.717) is 17.5 Å². The highest BCUT2D eigenvalue weighted by molar-refractivity contribution is 6.06. The van der Waals surface area contributed by atoms with Crippen molar-refractivity contribution in [1.82, 2.24) is 10.3 Å². The zero-order chi connectivity index (χ0) is 16.8. The molecule has 1 aromatic carbocycles. The van der Waals surface area contributed by atoms with Crippen LogP contribution in [0.3, 0.4) is 0 Å². The van der Waals surface area contributed by atoms with Crippen LogP contribution in [0.2, 0.25) is 0 Å². The van der Waals surface area contributed by atoms with Crippen molar-refractivity contribution < 1.29 is 14.4 Å². The van der Waals surface area contributed by atoms with Crippen LogP contribution < -0.4 is 11.1 Å². The van der Waals surface area contributed by atoms with Gasteiger partial charge >= 0.3 is 0 Å². The van der Waals surface area contributed by atoms with E-state index < -0.39 is 17.9 Å².